The third-order valence-electron chi connectivity index (χ3n) is 3.24. The molecule has 1 aromatic heterocycles. The van der Waals surface area contributed by atoms with Crippen LogP contribution in [0, 0.1) is 11.3 Å². The first kappa shape index (κ1) is 16.0. The first-order valence-electron chi connectivity index (χ1n) is 6.76. The quantitative estimate of drug-likeness (QED) is 0.871. The predicted octanol–water partition coefficient (Wildman–Crippen LogP) is 3.40. The maximum atomic E-state index is 12.0. The Labute approximate surface area is 120 Å². The lowest BCUT2D eigenvalue weighted by atomic mass is 9.90. The second kappa shape index (κ2) is 6.42. The van der Waals surface area contributed by atoms with Crippen molar-refractivity contribution in [3.63, 3.8) is 0 Å². The third kappa shape index (κ3) is 4.53. The van der Waals surface area contributed by atoms with Crippen molar-refractivity contribution < 1.29 is 0 Å². The Balaban J connectivity index is 2.88. The molecular weight excluding hydrogens is 262 g/mol. The first-order valence-corrected chi connectivity index (χ1v) is 7.14. The average Bonchev–Trinajstić information content (AvgIpc) is 2.34. The fraction of sp³-hybridized carbons (Fsp3) is 0.714. The molecule has 1 rings (SSSR count). The minimum Gasteiger partial charge on any atom is -0.382 e. The Bertz CT molecular complexity index is 480. The Morgan fingerprint density at radius 2 is 2.11 bits per heavy atom. The van der Waals surface area contributed by atoms with Crippen molar-refractivity contribution in [2.75, 3.05) is 11.9 Å². The molecule has 0 spiro atoms. The molecule has 0 bridgehead atoms. The van der Waals surface area contributed by atoms with Crippen molar-refractivity contribution in [1.82, 2.24) is 9.78 Å². The highest BCUT2D eigenvalue weighted by molar-refractivity contribution is 6.32. The number of hydrogen-bond donors (Lipinski definition) is 1. The van der Waals surface area contributed by atoms with Gasteiger partial charge in [-0.2, -0.15) is 5.10 Å². The van der Waals surface area contributed by atoms with Crippen LogP contribution in [0.3, 0.4) is 0 Å². The fourth-order valence-electron chi connectivity index (χ4n) is 1.52. The van der Waals surface area contributed by atoms with Crippen LogP contribution in [-0.2, 0) is 6.54 Å². The number of aromatic nitrogens is 2. The van der Waals surface area contributed by atoms with E-state index in [1.165, 1.54) is 4.68 Å². The van der Waals surface area contributed by atoms with Crippen LogP contribution in [0.15, 0.2) is 11.0 Å². The highest BCUT2D eigenvalue weighted by Crippen LogP contribution is 2.22. The largest absolute Gasteiger partial charge is 0.382 e. The van der Waals surface area contributed by atoms with Crippen LogP contribution in [0.1, 0.15) is 41.0 Å². The average molecular weight is 286 g/mol. The molecule has 0 aliphatic heterocycles. The molecule has 1 aromatic rings. The smallest absolute Gasteiger partial charge is 0.287 e. The van der Waals surface area contributed by atoms with Crippen molar-refractivity contribution in [1.29, 1.82) is 0 Å². The molecule has 0 aromatic carbocycles. The van der Waals surface area contributed by atoms with Gasteiger partial charge in [-0.15, -0.1) is 0 Å². The molecule has 0 unspecified atom stereocenters. The van der Waals surface area contributed by atoms with Gasteiger partial charge >= 0.3 is 0 Å². The number of nitrogens with one attached hydrogen (secondary N) is 1. The summed E-state index contributed by atoms with van der Waals surface area (Å²) in [5.74, 6) is 0.360. The maximum Gasteiger partial charge on any atom is 0.287 e. The minimum absolute atomic E-state index is 0.163. The Morgan fingerprint density at radius 1 is 1.47 bits per heavy atom. The molecule has 0 saturated heterocycles. The summed E-state index contributed by atoms with van der Waals surface area (Å²) in [7, 11) is 0. The van der Waals surface area contributed by atoms with Crippen molar-refractivity contribution in [2.24, 2.45) is 11.3 Å². The predicted molar refractivity (Wildman–Crippen MR) is 80.9 cm³/mol. The summed E-state index contributed by atoms with van der Waals surface area (Å²) >= 11 is 6.12. The Morgan fingerprint density at radius 3 is 2.63 bits per heavy atom. The molecule has 19 heavy (non-hydrogen) atoms. The zero-order valence-electron chi connectivity index (χ0n) is 12.5. The number of rotatable bonds is 6. The van der Waals surface area contributed by atoms with Crippen LogP contribution in [0.25, 0.3) is 0 Å². The molecule has 0 aliphatic rings. The first-order chi connectivity index (χ1) is 8.76. The number of halogens is 1. The highest BCUT2D eigenvalue weighted by atomic mass is 35.5. The van der Waals surface area contributed by atoms with E-state index < -0.39 is 0 Å². The molecule has 0 atom stereocenters. The standard InChI is InChI=1S/C14H24ClN3O/c1-6-14(4,5)9-16-11-7-17-18(8-10(2)3)13(19)12(11)15/h7,10,16H,6,8-9H2,1-5H3. The topological polar surface area (TPSA) is 46.9 Å². The molecule has 108 valence electrons. The second-order valence-electron chi connectivity index (χ2n) is 6.12. The van der Waals surface area contributed by atoms with E-state index >= 15 is 0 Å². The van der Waals surface area contributed by atoms with E-state index in [1.807, 2.05) is 13.8 Å². The van der Waals surface area contributed by atoms with Crippen LogP contribution < -0.4 is 10.9 Å². The molecule has 0 saturated carbocycles. The van der Waals surface area contributed by atoms with Gasteiger partial charge in [0, 0.05) is 13.1 Å². The van der Waals surface area contributed by atoms with E-state index in [0.29, 0.717) is 18.2 Å². The zero-order chi connectivity index (χ0) is 14.6. The maximum absolute atomic E-state index is 12.0. The van der Waals surface area contributed by atoms with Crippen LogP contribution in [-0.4, -0.2) is 16.3 Å². The Hall–Kier alpha value is -1.03. The van der Waals surface area contributed by atoms with E-state index in [0.717, 1.165) is 13.0 Å². The molecule has 5 heteroatoms. The molecule has 4 nitrogen and oxygen atoms in total. The summed E-state index contributed by atoms with van der Waals surface area (Å²) in [6, 6.07) is 0. The third-order valence-corrected chi connectivity index (χ3v) is 3.60. The van der Waals surface area contributed by atoms with Gasteiger partial charge in [0.15, 0.2) is 0 Å². The minimum atomic E-state index is -0.227. The van der Waals surface area contributed by atoms with E-state index in [2.05, 4.69) is 31.2 Å². The van der Waals surface area contributed by atoms with E-state index in [-0.39, 0.29) is 16.0 Å². The summed E-state index contributed by atoms with van der Waals surface area (Å²) in [5.41, 5.74) is 0.554. The number of nitrogens with zero attached hydrogens (tertiary/aromatic N) is 2. The molecule has 0 radical (unpaired) electrons. The summed E-state index contributed by atoms with van der Waals surface area (Å²) in [5, 5.41) is 7.61. The van der Waals surface area contributed by atoms with Gasteiger partial charge in [-0.3, -0.25) is 4.79 Å². The SMILES string of the molecule is CCC(C)(C)CNc1cnn(CC(C)C)c(=O)c1Cl. The van der Waals surface area contributed by atoms with Crippen LogP contribution >= 0.6 is 11.6 Å². The molecule has 1 heterocycles. The van der Waals surface area contributed by atoms with Crippen LogP contribution in [0.2, 0.25) is 5.02 Å². The van der Waals surface area contributed by atoms with Gasteiger partial charge in [0.1, 0.15) is 5.02 Å². The van der Waals surface area contributed by atoms with E-state index in [1.54, 1.807) is 6.20 Å². The van der Waals surface area contributed by atoms with Gasteiger partial charge in [0.25, 0.3) is 5.56 Å². The summed E-state index contributed by atoms with van der Waals surface area (Å²) in [4.78, 5) is 12.0. The fourth-order valence-corrected chi connectivity index (χ4v) is 1.74. The van der Waals surface area contributed by atoms with Gasteiger partial charge in [-0.25, -0.2) is 4.68 Å². The van der Waals surface area contributed by atoms with Gasteiger partial charge in [-0.1, -0.05) is 46.2 Å². The second-order valence-corrected chi connectivity index (χ2v) is 6.50. The normalized spacial score (nSPS) is 11.9. The van der Waals surface area contributed by atoms with Crippen LogP contribution in [0.4, 0.5) is 5.69 Å². The van der Waals surface area contributed by atoms with Crippen molar-refractivity contribution >= 4 is 17.3 Å². The lowest BCUT2D eigenvalue weighted by Crippen LogP contribution is -2.28. The molecular formula is C14H24ClN3O. The van der Waals surface area contributed by atoms with Crippen LogP contribution in [0.5, 0.6) is 0 Å². The van der Waals surface area contributed by atoms with Gasteiger partial charge in [0.05, 0.1) is 11.9 Å². The van der Waals surface area contributed by atoms with Crippen molar-refractivity contribution in [2.45, 2.75) is 47.6 Å². The summed E-state index contributed by atoms with van der Waals surface area (Å²) < 4.78 is 1.42. The van der Waals surface area contributed by atoms with Crippen molar-refractivity contribution in [3.05, 3.63) is 21.6 Å². The summed E-state index contributed by atoms with van der Waals surface area (Å²) in [6.07, 6.45) is 2.69. The monoisotopic (exact) mass is 285 g/mol. The van der Waals surface area contributed by atoms with Crippen molar-refractivity contribution in [3.8, 4) is 0 Å². The summed E-state index contributed by atoms with van der Waals surface area (Å²) in [6.45, 7) is 11.9. The van der Waals surface area contributed by atoms with Gasteiger partial charge in [-0.05, 0) is 17.8 Å². The molecule has 0 fully saturated rings. The zero-order valence-corrected chi connectivity index (χ0v) is 13.2. The number of anilines is 1. The Kier molecular flexibility index (Phi) is 5.41. The van der Waals surface area contributed by atoms with Gasteiger partial charge in [0.2, 0.25) is 0 Å². The van der Waals surface area contributed by atoms with E-state index in [4.69, 9.17) is 11.6 Å². The molecule has 0 amide bonds. The van der Waals surface area contributed by atoms with E-state index in [9.17, 15) is 4.79 Å². The van der Waals surface area contributed by atoms with Gasteiger partial charge < -0.3 is 5.32 Å². The lowest BCUT2D eigenvalue weighted by Gasteiger charge is -2.23. The molecule has 1 N–H and O–H groups in total. The highest BCUT2D eigenvalue weighted by Gasteiger charge is 2.16. The lowest BCUT2D eigenvalue weighted by molar-refractivity contribution is 0.377. The number of hydrogen-bond acceptors (Lipinski definition) is 3. The molecule has 0 aliphatic carbocycles.